The molecule has 10 nitrogen and oxygen atoms in total. The summed E-state index contributed by atoms with van der Waals surface area (Å²) in [6.45, 7) is 7.17. The minimum Gasteiger partial charge on any atom is -0.479 e. The average molecular weight is 573 g/mol. The van der Waals surface area contributed by atoms with Gasteiger partial charge < -0.3 is 30.7 Å². The van der Waals surface area contributed by atoms with Crippen molar-refractivity contribution in [1.29, 1.82) is 0 Å². The number of nitrogens with one attached hydrogen (secondary N) is 2. The Balaban J connectivity index is 0.000000716. The van der Waals surface area contributed by atoms with Crippen molar-refractivity contribution in [2.75, 3.05) is 6.54 Å². The zero-order valence-electron chi connectivity index (χ0n) is 24.3. The maximum Gasteiger partial charge on any atom is 0.333 e. The van der Waals surface area contributed by atoms with Crippen LogP contribution >= 0.6 is 0 Å². The predicted molar refractivity (Wildman–Crippen MR) is 154 cm³/mol. The standard InChI is InChI=1S/C24H30N2O5.C7H14O3/c1-3-10-17(2)22(28)23(29)25-15-20(27)26-21(19-13-8-5-9-14-19)24(30)31-16-18-11-6-4-7-12-18;1-3-4-5(2)6(8)7(9)10/h4-9,11-14,17,21-22,28H,3,10,15-16H2,1-2H3,(H,25,29)(H,26,27);5-6,8H,3-4H2,1-2H3,(H,9,10)/t17?,21-,22?;/m0./s1. The Hall–Kier alpha value is -3.76. The Bertz CT molecular complexity index is 1060. The summed E-state index contributed by atoms with van der Waals surface area (Å²) in [4.78, 5) is 47.4. The summed E-state index contributed by atoms with van der Waals surface area (Å²) < 4.78 is 5.39. The minimum absolute atomic E-state index is 0.0805. The molecule has 0 aliphatic heterocycles. The molecule has 41 heavy (non-hydrogen) atoms. The molecule has 0 saturated carbocycles. The van der Waals surface area contributed by atoms with Gasteiger partial charge in [0.15, 0.2) is 12.1 Å². The number of carboxylic acid groups (broad SMARTS) is 1. The molecule has 5 atom stereocenters. The van der Waals surface area contributed by atoms with E-state index in [-0.39, 0.29) is 25.0 Å². The van der Waals surface area contributed by atoms with E-state index in [0.29, 0.717) is 12.0 Å². The highest BCUT2D eigenvalue weighted by atomic mass is 16.5. The number of amides is 2. The maximum absolute atomic E-state index is 12.7. The van der Waals surface area contributed by atoms with E-state index in [4.69, 9.17) is 14.9 Å². The van der Waals surface area contributed by atoms with Crippen LogP contribution in [0.25, 0.3) is 0 Å². The van der Waals surface area contributed by atoms with E-state index in [1.807, 2.05) is 44.2 Å². The number of aliphatic carboxylic acids is 1. The molecule has 2 aromatic carbocycles. The molecule has 5 N–H and O–H groups in total. The molecule has 4 unspecified atom stereocenters. The molecular formula is C31H44N2O8. The number of benzene rings is 2. The van der Waals surface area contributed by atoms with Crippen LogP contribution in [0.1, 0.15) is 70.5 Å². The summed E-state index contributed by atoms with van der Waals surface area (Å²) in [5.41, 5.74) is 1.40. The number of hydrogen-bond acceptors (Lipinski definition) is 7. The third-order valence-electron chi connectivity index (χ3n) is 6.41. The zero-order valence-corrected chi connectivity index (χ0v) is 24.3. The summed E-state index contributed by atoms with van der Waals surface area (Å²) in [6, 6.07) is 17.0. The van der Waals surface area contributed by atoms with Crippen molar-refractivity contribution in [3.05, 3.63) is 71.8 Å². The van der Waals surface area contributed by atoms with Crippen molar-refractivity contribution >= 4 is 23.8 Å². The first kappa shape index (κ1) is 35.3. The van der Waals surface area contributed by atoms with E-state index in [1.54, 1.807) is 44.2 Å². The monoisotopic (exact) mass is 572 g/mol. The van der Waals surface area contributed by atoms with Crippen LogP contribution in [0.3, 0.4) is 0 Å². The Morgan fingerprint density at radius 2 is 1.32 bits per heavy atom. The summed E-state index contributed by atoms with van der Waals surface area (Å²) in [5, 5.41) is 32.3. The lowest BCUT2D eigenvalue weighted by Gasteiger charge is -2.20. The summed E-state index contributed by atoms with van der Waals surface area (Å²) in [6.07, 6.45) is 0.826. The average Bonchev–Trinajstić information content (AvgIpc) is 2.98. The molecule has 0 radical (unpaired) electrons. The van der Waals surface area contributed by atoms with Gasteiger partial charge in [0.25, 0.3) is 0 Å². The largest absolute Gasteiger partial charge is 0.479 e. The number of carbonyl (C=O) groups is 4. The van der Waals surface area contributed by atoms with Crippen molar-refractivity contribution in [2.45, 2.75) is 78.2 Å². The van der Waals surface area contributed by atoms with Gasteiger partial charge in [-0.2, -0.15) is 0 Å². The van der Waals surface area contributed by atoms with Crippen LogP contribution in [0.2, 0.25) is 0 Å². The van der Waals surface area contributed by atoms with E-state index >= 15 is 0 Å². The van der Waals surface area contributed by atoms with E-state index in [9.17, 15) is 24.3 Å². The lowest BCUT2D eigenvalue weighted by Crippen LogP contribution is -2.45. The molecule has 2 amide bonds. The van der Waals surface area contributed by atoms with Gasteiger partial charge >= 0.3 is 11.9 Å². The SMILES string of the molecule is CCCC(C)C(O)C(=O)NCC(=O)N[C@H](C(=O)OCc1ccccc1)c1ccccc1.CCCC(C)C(O)C(=O)O. The van der Waals surface area contributed by atoms with Crippen LogP contribution in [0.5, 0.6) is 0 Å². The Kier molecular flexibility index (Phi) is 16.6. The van der Waals surface area contributed by atoms with Crippen molar-refractivity contribution in [3.8, 4) is 0 Å². The second-order valence-electron chi connectivity index (χ2n) is 9.98. The highest BCUT2D eigenvalue weighted by Crippen LogP contribution is 2.16. The van der Waals surface area contributed by atoms with Crippen LogP contribution in [-0.2, 0) is 30.5 Å². The fraction of sp³-hybridized carbons (Fsp3) is 0.484. The van der Waals surface area contributed by atoms with Gasteiger partial charge in [-0.15, -0.1) is 0 Å². The summed E-state index contributed by atoms with van der Waals surface area (Å²) >= 11 is 0. The van der Waals surface area contributed by atoms with Gasteiger partial charge in [0.1, 0.15) is 12.7 Å². The van der Waals surface area contributed by atoms with Gasteiger partial charge in [0, 0.05) is 0 Å². The highest BCUT2D eigenvalue weighted by molar-refractivity contribution is 5.90. The second-order valence-corrected chi connectivity index (χ2v) is 9.98. The number of rotatable bonds is 15. The third-order valence-corrected chi connectivity index (χ3v) is 6.41. The van der Waals surface area contributed by atoms with Crippen LogP contribution in [0, 0.1) is 11.8 Å². The fourth-order valence-electron chi connectivity index (χ4n) is 3.95. The molecule has 10 heteroatoms. The molecule has 0 aromatic heterocycles. The lowest BCUT2D eigenvalue weighted by molar-refractivity contribution is -0.150. The summed E-state index contributed by atoms with van der Waals surface area (Å²) in [7, 11) is 0. The molecular weight excluding hydrogens is 528 g/mol. The van der Waals surface area contributed by atoms with E-state index < -0.39 is 42.0 Å². The number of aliphatic hydroxyl groups is 2. The number of carbonyl (C=O) groups excluding carboxylic acids is 3. The van der Waals surface area contributed by atoms with Gasteiger partial charge in [0.05, 0.1) is 6.54 Å². The first-order valence-electron chi connectivity index (χ1n) is 13.9. The first-order chi connectivity index (χ1) is 19.5. The van der Waals surface area contributed by atoms with Gasteiger partial charge in [0.2, 0.25) is 11.8 Å². The number of carboxylic acids is 1. The molecule has 226 valence electrons. The normalized spacial score (nSPS) is 14.2. The van der Waals surface area contributed by atoms with E-state index in [1.165, 1.54) is 0 Å². The quantitative estimate of drug-likeness (QED) is 0.203. The zero-order chi connectivity index (χ0) is 30.8. The lowest BCUT2D eigenvalue weighted by atomic mass is 9.99. The smallest absolute Gasteiger partial charge is 0.333 e. The van der Waals surface area contributed by atoms with Crippen LogP contribution < -0.4 is 10.6 Å². The molecule has 0 aliphatic carbocycles. The molecule has 0 heterocycles. The molecule has 2 rings (SSSR count). The topological polar surface area (TPSA) is 162 Å². The van der Waals surface area contributed by atoms with Crippen molar-refractivity contribution < 1.29 is 39.2 Å². The van der Waals surface area contributed by atoms with Crippen LogP contribution in [0.4, 0.5) is 0 Å². The molecule has 2 aromatic rings. The number of ether oxygens (including phenoxy) is 1. The van der Waals surface area contributed by atoms with E-state index in [2.05, 4.69) is 10.6 Å². The molecule has 0 fully saturated rings. The van der Waals surface area contributed by atoms with Crippen LogP contribution in [-0.4, -0.2) is 57.8 Å². The van der Waals surface area contributed by atoms with Gasteiger partial charge in [-0.1, -0.05) is 101 Å². The first-order valence-corrected chi connectivity index (χ1v) is 13.9. The van der Waals surface area contributed by atoms with E-state index in [0.717, 1.165) is 24.8 Å². The van der Waals surface area contributed by atoms with Crippen LogP contribution in [0.15, 0.2) is 60.7 Å². The Morgan fingerprint density at radius 1 is 0.805 bits per heavy atom. The van der Waals surface area contributed by atoms with Gasteiger partial charge in [-0.25, -0.2) is 9.59 Å². The molecule has 0 bridgehead atoms. The molecule has 0 spiro atoms. The van der Waals surface area contributed by atoms with Gasteiger partial charge in [-0.05, 0) is 35.8 Å². The third kappa shape index (κ3) is 13.4. The van der Waals surface area contributed by atoms with Crippen molar-refractivity contribution in [2.24, 2.45) is 11.8 Å². The predicted octanol–water partition coefficient (Wildman–Crippen LogP) is 3.37. The second kappa shape index (κ2) is 19.3. The minimum atomic E-state index is -1.19. The number of esters is 1. The van der Waals surface area contributed by atoms with Gasteiger partial charge in [-0.3, -0.25) is 9.59 Å². The molecule has 0 saturated heterocycles. The fourth-order valence-corrected chi connectivity index (χ4v) is 3.95. The summed E-state index contributed by atoms with van der Waals surface area (Å²) in [5.74, 6) is -3.25. The molecule has 0 aliphatic rings. The highest BCUT2D eigenvalue weighted by Gasteiger charge is 2.26. The van der Waals surface area contributed by atoms with Crippen molar-refractivity contribution in [3.63, 3.8) is 0 Å². The maximum atomic E-state index is 12.7. The van der Waals surface area contributed by atoms with Crippen molar-refractivity contribution in [1.82, 2.24) is 10.6 Å². The Morgan fingerprint density at radius 3 is 1.83 bits per heavy atom. The number of aliphatic hydroxyl groups excluding tert-OH is 2. The number of hydrogen-bond donors (Lipinski definition) is 5. The Labute approximate surface area is 242 Å².